The fourth-order valence-electron chi connectivity index (χ4n) is 4.86. The third-order valence-electron chi connectivity index (χ3n) is 7.00. The summed E-state index contributed by atoms with van der Waals surface area (Å²) in [6.45, 7) is 7.80. The number of hydrogen-bond acceptors (Lipinski definition) is 6. The number of carbonyl (C=O) groups is 2. The molecule has 2 atom stereocenters. The molecule has 2 heterocycles. The Balaban J connectivity index is 1.78. The van der Waals surface area contributed by atoms with Crippen molar-refractivity contribution in [3.8, 4) is 6.07 Å². The van der Waals surface area contributed by atoms with Crippen molar-refractivity contribution in [2.75, 3.05) is 18.1 Å². The third kappa shape index (κ3) is 4.49. The molecule has 2 amide bonds. The number of benzene rings is 2. The van der Waals surface area contributed by atoms with E-state index in [1.54, 1.807) is 13.8 Å². The second kappa shape index (κ2) is 9.53. The number of sulfonamides is 1. The van der Waals surface area contributed by atoms with Crippen molar-refractivity contribution in [3.63, 3.8) is 0 Å². The van der Waals surface area contributed by atoms with Crippen LogP contribution in [-0.2, 0) is 24.3 Å². The molecule has 0 aromatic heterocycles. The number of amides is 2. The Morgan fingerprint density at radius 1 is 1.09 bits per heavy atom. The van der Waals surface area contributed by atoms with Crippen molar-refractivity contribution < 1.29 is 22.7 Å². The topological polar surface area (TPSA) is 108 Å². The quantitative estimate of drug-likeness (QED) is 0.569. The van der Waals surface area contributed by atoms with Gasteiger partial charge < -0.3 is 4.74 Å². The minimum absolute atomic E-state index is 0.000893. The van der Waals surface area contributed by atoms with Crippen LogP contribution >= 0.6 is 0 Å². The largest absolute Gasteiger partial charge is 0.377 e. The van der Waals surface area contributed by atoms with E-state index in [1.165, 1.54) is 28.6 Å². The van der Waals surface area contributed by atoms with E-state index < -0.39 is 27.9 Å². The Morgan fingerprint density at radius 3 is 2.26 bits per heavy atom. The van der Waals surface area contributed by atoms with E-state index in [4.69, 9.17) is 10.00 Å². The molecule has 0 radical (unpaired) electrons. The summed E-state index contributed by atoms with van der Waals surface area (Å²) in [7, 11) is -4.14. The predicted molar refractivity (Wildman–Crippen MR) is 130 cm³/mol. The maximum absolute atomic E-state index is 14.2. The van der Waals surface area contributed by atoms with E-state index in [2.05, 4.69) is 0 Å². The second-order valence-electron chi connectivity index (χ2n) is 9.25. The highest BCUT2D eigenvalue weighted by atomic mass is 32.2. The lowest BCUT2D eigenvalue weighted by atomic mass is 10.0. The number of imide groups is 1. The number of nitriles is 1. The zero-order valence-corrected chi connectivity index (χ0v) is 21.2. The van der Waals surface area contributed by atoms with Gasteiger partial charge in [-0.25, -0.2) is 13.3 Å². The monoisotopic (exact) mass is 495 g/mol. The SMILES string of the molecule is Cc1cc(C)c(C)c(S(=O)(=O)N(CC2CCCO2)C2CC(=O)N(c3ccc(C#N)cc3)C2=O)c1C. The summed E-state index contributed by atoms with van der Waals surface area (Å²) in [6, 6.07) is 8.86. The lowest BCUT2D eigenvalue weighted by Crippen LogP contribution is -2.48. The average Bonchev–Trinajstić information content (AvgIpc) is 3.43. The van der Waals surface area contributed by atoms with Gasteiger partial charge in [0.25, 0.3) is 5.91 Å². The van der Waals surface area contributed by atoms with Crippen LogP contribution in [0.4, 0.5) is 5.69 Å². The minimum atomic E-state index is -4.14. The molecule has 0 saturated carbocycles. The molecule has 2 aliphatic heterocycles. The van der Waals surface area contributed by atoms with Gasteiger partial charge in [-0.2, -0.15) is 9.57 Å². The molecule has 8 nitrogen and oxygen atoms in total. The zero-order chi connectivity index (χ0) is 25.5. The van der Waals surface area contributed by atoms with Crippen LogP contribution in [0.1, 0.15) is 47.1 Å². The fraction of sp³-hybridized carbons (Fsp3) is 0.423. The number of nitrogens with zero attached hydrogens (tertiary/aromatic N) is 3. The van der Waals surface area contributed by atoms with Gasteiger partial charge in [-0.15, -0.1) is 0 Å². The van der Waals surface area contributed by atoms with Crippen molar-refractivity contribution in [2.24, 2.45) is 0 Å². The number of ether oxygens (including phenoxy) is 1. The molecule has 184 valence electrons. The summed E-state index contributed by atoms with van der Waals surface area (Å²) in [6.07, 6.45) is 0.900. The zero-order valence-electron chi connectivity index (χ0n) is 20.4. The van der Waals surface area contributed by atoms with Gasteiger partial charge in [-0.3, -0.25) is 9.59 Å². The Morgan fingerprint density at radius 2 is 1.71 bits per heavy atom. The summed E-state index contributed by atoms with van der Waals surface area (Å²) in [5.74, 6) is -1.08. The first kappa shape index (κ1) is 25.0. The standard InChI is InChI=1S/C26H29N3O5S/c1-16-12-17(2)19(4)25(18(16)3)35(32,33)28(15-22-6-5-11-34-22)23-13-24(30)29(26(23)31)21-9-7-20(14-27)8-10-21/h7-10,12,22-23H,5-6,11,13,15H2,1-4H3. The number of anilines is 1. The minimum Gasteiger partial charge on any atom is -0.377 e. The predicted octanol–water partition coefficient (Wildman–Crippen LogP) is 3.29. The normalized spacial score (nSPS) is 20.6. The third-order valence-corrected chi connectivity index (χ3v) is 9.15. The first-order valence-electron chi connectivity index (χ1n) is 11.6. The van der Waals surface area contributed by atoms with Crippen molar-refractivity contribution in [1.82, 2.24) is 4.31 Å². The summed E-state index contributed by atoms with van der Waals surface area (Å²) in [4.78, 5) is 27.7. The molecular weight excluding hydrogens is 466 g/mol. The van der Waals surface area contributed by atoms with E-state index in [-0.39, 0.29) is 24.0 Å². The molecular formula is C26H29N3O5S. The summed E-state index contributed by atoms with van der Waals surface area (Å²) < 4.78 is 35.3. The highest BCUT2D eigenvalue weighted by molar-refractivity contribution is 7.89. The highest BCUT2D eigenvalue weighted by Gasteiger charge is 2.48. The molecule has 0 aliphatic carbocycles. The van der Waals surface area contributed by atoms with E-state index in [0.717, 1.165) is 22.4 Å². The molecule has 0 N–H and O–H groups in total. The van der Waals surface area contributed by atoms with Gasteiger partial charge in [0.05, 0.1) is 34.7 Å². The molecule has 9 heteroatoms. The van der Waals surface area contributed by atoms with Crippen LogP contribution in [0.3, 0.4) is 0 Å². The van der Waals surface area contributed by atoms with Crippen LogP contribution in [0.5, 0.6) is 0 Å². The van der Waals surface area contributed by atoms with Crippen molar-refractivity contribution in [2.45, 2.75) is 64.0 Å². The van der Waals surface area contributed by atoms with Gasteiger partial charge in [0.2, 0.25) is 15.9 Å². The van der Waals surface area contributed by atoms with Crippen LogP contribution in [0.15, 0.2) is 35.2 Å². The summed E-state index contributed by atoms with van der Waals surface area (Å²) in [5, 5.41) is 9.05. The molecule has 2 saturated heterocycles. The molecule has 2 aliphatic rings. The molecule has 35 heavy (non-hydrogen) atoms. The van der Waals surface area contributed by atoms with E-state index in [1.807, 2.05) is 26.0 Å². The van der Waals surface area contributed by atoms with Gasteiger partial charge in [-0.05, 0) is 87.1 Å². The van der Waals surface area contributed by atoms with Gasteiger partial charge in [0, 0.05) is 13.2 Å². The first-order chi connectivity index (χ1) is 16.6. The van der Waals surface area contributed by atoms with Crippen molar-refractivity contribution in [3.05, 3.63) is 58.1 Å². The molecule has 0 bridgehead atoms. The Bertz CT molecular complexity index is 1300. The van der Waals surface area contributed by atoms with Crippen molar-refractivity contribution >= 4 is 27.5 Å². The Hall–Kier alpha value is -3.06. The second-order valence-corrected chi connectivity index (χ2v) is 11.1. The smallest absolute Gasteiger partial charge is 0.252 e. The van der Waals surface area contributed by atoms with Gasteiger partial charge in [-0.1, -0.05) is 6.07 Å². The van der Waals surface area contributed by atoms with Crippen LogP contribution in [0.25, 0.3) is 0 Å². The molecule has 4 rings (SSSR count). The maximum atomic E-state index is 14.2. The maximum Gasteiger partial charge on any atom is 0.252 e. The molecule has 0 spiro atoms. The lowest BCUT2D eigenvalue weighted by molar-refractivity contribution is -0.122. The first-order valence-corrected chi connectivity index (χ1v) is 13.1. The number of aryl methyl sites for hydroxylation is 2. The number of hydrogen-bond donors (Lipinski definition) is 0. The average molecular weight is 496 g/mol. The number of rotatable bonds is 6. The van der Waals surface area contributed by atoms with Gasteiger partial charge in [0.15, 0.2) is 0 Å². The Kier molecular flexibility index (Phi) is 6.82. The van der Waals surface area contributed by atoms with Gasteiger partial charge in [0.1, 0.15) is 6.04 Å². The van der Waals surface area contributed by atoms with Crippen LogP contribution in [0, 0.1) is 39.0 Å². The summed E-state index contributed by atoms with van der Waals surface area (Å²) >= 11 is 0. The highest BCUT2D eigenvalue weighted by Crippen LogP contribution is 2.34. The van der Waals surface area contributed by atoms with E-state index in [0.29, 0.717) is 35.4 Å². The van der Waals surface area contributed by atoms with Crippen LogP contribution < -0.4 is 4.90 Å². The summed E-state index contributed by atoms with van der Waals surface area (Å²) in [5.41, 5.74) is 3.66. The van der Waals surface area contributed by atoms with E-state index >= 15 is 0 Å². The van der Waals surface area contributed by atoms with E-state index in [9.17, 15) is 18.0 Å². The molecule has 2 unspecified atom stereocenters. The van der Waals surface area contributed by atoms with Crippen LogP contribution in [-0.4, -0.2) is 49.8 Å². The lowest BCUT2D eigenvalue weighted by Gasteiger charge is -2.30. The fourth-order valence-corrected chi connectivity index (χ4v) is 7.06. The number of carbonyl (C=O) groups excluding carboxylic acids is 2. The molecule has 2 fully saturated rings. The molecule has 2 aromatic carbocycles. The van der Waals surface area contributed by atoms with Gasteiger partial charge >= 0.3 is 0 Å². The Labute approximate surface area is 206 Å². The van der Waals surface area contributed by atoms with Crippen molar-refractivity contribution in [1.29, 1.82) is 5.26 Å². The molecule has 2 aromatic rings. The van der Waals surface area contributed by atoms with Crippen LogP contribution in [0.2, 0.25) is 0 Å².